The fraction of sp³-hybridized carbons (Fsp3) is 0.562. The Balaban J connectivity index is 1.93. The molecular formula is C16H16Br4N2O3. The van der Waals surface area contributed by atoms with E-state index in [4.69, 9.17) is 0 Å². The van der Waals surface area contributed by atoms with Gasteiger partial charge in [-0.2, -0.15) is 0 Å². The second-order valence-electron chi connectivity index (χ2n) is 7.18. The maximum Gasteiger partial charge on any atom is 0.271 e. The van der Waals surface area contributed by atoms with Crippen molar-refractivity contribution in [1.29, 1.82) is 0 Å². The van der Waals surface area contributed by atoms with Crippen LogP contribution in [0, 0.1) is 26.4 Å². The number of halogens is 4. The number of carbonyl (C=O) groups excluding carboxylic acids is 1. The highest BCUT2D eigenvalue weighted by atomic mass is 79.9. The molecular weight excluding hydrogens is 588 g/mol. The Bertz CT molecular complexity index is 770. The average molecular weight is 604 g/mol. The summed E-state index contributed by atoms with van der Waals surface area (Å²) in [5, 5.41) is 13.9. The predicted molar refractivity (Wildman–Crippen MR) is 112 cm³/mol. The molecule has 2 bridgehead atoms. The van der Waals surface area contributed by atoms with Crippen LogP contribution >= 0.6 is 63.7 Å². The molecule has 1 amide bonds. The predicted octanol–water partition coefficient (Wildman–Crippen LogP) is 5.98. The SMILES string of the molecule is CC1(C)C2(C(=O)Nc3cc([N+](=O)[O-])ccc3Br)CCC1(C(Br)Br)C2Br. The summed E-state index contributed by atoms with van der Waals surface area (Å²) < 4.78 is 0.717. The molecule has 0 saturated heterocycles. The molecule has 9 heteroatoms. The van der Waals surface area contributed by atoms with Crippen molar-refractivity contribution in [2.75, 3.05) is 5.32 Å². The molecule has 3 atom stereocenters. The van der Waals surface area contributed by atoms with Gasteiger partial charge in [-0.25, -0.2) is 0 Å². The van der Waals surface area contributed by atoms with Crippen LogP contribution in [-0.2, 0) is 4.79 Å². The number of nitrogens with one attached hydrogen (secondary N) is 1. The molecule has 0 heterocycles. The summed E-state index contributed by atoms with van der Waals surface area (Å²) in [6, 6.07) is 4.36. The van der Waals surface area contributed by atoms with E-state index in [0.717, 1.165) is 12.8 Å². The minimum Gasteiger partial charge on any atom is -0.324 e. The van der Waals surface area contributed by atoms with Gasteiger partial charge in [-0.1, -0.05) is 61.6 Å². The van der Waals surface area contributed by atoms with E-state index >= 15 is 0 Å². The van der Waals surface area contributed by atoms with Crippen LogP contribution in [0.15, 0.2) is 22.7 Å². The lowest BCUT2D eigenvalue weighted by molar-refractivity contribution is -0.384. The highest BCUT2D eigenvalue weighted by Gasteiger charge is 2.83. The molecule has 3 fully saturated rings. The van der Waals surface area contributed by atoms with Gasteiger partial charge in [0, 0.05) is 26.8 Å². The van der Waals surface area contributed by atoms with Crippen LogP contribution in [-0.4, -0.2) is 19.4 Å². The highest BCUT2D eigenvalue weighted by molar-refractivity contribution is 9.24. The molecule has 0 radical (unpaired) electrons. The monoisotopic (exact) mass is 600 g/mol. The lowest BCUT2D eigenvalue weighted by Gasteiger charge is -2.66. The quantitative estimate of drug-likeness (QED) is 0.261. The van der Waals surface area contributed by atoms with Gasteiger partial charge in [0.05, 0.1) is 19.8 Å². The van der Waals surface area contributed by atoms with Crippen molar-refractivity contribution in [2.45, 2.75) is 35.3 Å². The zero-order valence-corrected chi connectivity index (χ0v) is 19.8. The van der Waals surface area contributed by atoms with Gasteiger partial charge >= 0.3 is 0 Å². The Morgan fingerprint density at radius 2 is 2.00 bits per heavy atom. The van der Waals surface area contributed by atoms with Crippen molar-refractivity contribution in [1.82, 2.24) is 0 Å². The lowest BCUT2D eigenvalue weighted by Crippen LogP contribution is -2.71. The van der Waals surface area contributed by atoms with Gasteiger partial charge in [-0.3, -0.25) is 14.9 Å². The first-order valence-corrected chi connectivity index (χ1v) is 11.2. The first-order valence-electron chi connectivity index (χ1n) is 7.70. The number of nitro benzene ring substituents is 1. The van der Waals surface area contributed by atoms with Crippen LogP contribution in [0.5, 0.6) is 0 Å². The summed E-state index contributed by atoms with van der Waals surface area (Å²) in [5.41, 5.74) is -0.492. The standard InChI is InChI=1S/C16H16Br4N2O3/c1-14(2)15(12(19)20)5-6-16(14,11(15)18)13(23)21-10-7-8(22(24)25)3-4-9(10)17/h3-4,7,11-12H,5-6H2,1-2H3,(H,21,23). The minimum atomic E-state index is -0.559. The second-order valence-corrected chi connectivity index (χ2v) is 12.0. The van der Waals surface area contributed by atoms with Crippen molar-refractivity contribution in [2.24, 2.45) is 16.2 Å². The minimum absolute atomic E-state index is 0.0173. The van der Waals surface area contributed by atoms with Crippen LogP contribution in [0.2, 0.25) is 0 Å². The number of hydrogen-bond acceptors (Lipinski definition) is 3. The summed E-state index contributed by atoms with van der Waals surface area (Å²) in [7, 11) is 0. The number of anilines is 1. The number of fused-ring (bicyclic) bond motifs is 1. The molecule has 3 aliphatic rings. The largest absolute Gasteiger partial charge is 0.324 e. The molecule has 0 aromatic heterocycles. The maximum atomic E-state index is 13.2. The van der Waals surface area contributed by atoms with Crippen molar-refractivity contribution < 1.29 is 9.72 Å². The molecule has 1 N–H and O–H groups in total. The third-order valence-corrected chi connectivity index (χ3v) is 10.2. The van der Waals surface area contributed by atoms with E-state index < -0.39 is 10.3 Å². The molecule has 1 aromatic carbocycles. The Hall–Kier alpha value is 0.0100. The fourth-order valence-electron chi connectivity index (χ4n) is 4.65. The van der Waals surface area contributed by atoms with E-state index in [9.17, 15) is 14.9 Å². The molecule has 3 unspecified atom stereocenters. The zero-order chi connectivity index (χ0) is 18.8. The molecule has 3 saturated carbocycles. The van der Waals surface area contributed by atoms with Crippen LogP contribution in [0.25, 0.3) is 0 Å². The van der Waals surface area contributed by atoms with Gasteiger partial charge in [0.1, 0.15) is 0 Å². The van der Waals surface area contributed by atoms with Crippen LogP contribution in [0.3, 0.4) is 0 Å². The molecule has 3 aliphatic carbocycles. The molecule has 5 nitrogen and oxygen atoms in total. The number of carbonyl (C=O) groups is 1. The fourth-order valence-corrected chi connectivity index (χ4v) is 9.92. The first kappa shape index (κ1) is 19.8. The van der Waals surface area contributed by atoms with E-state index in [1.807, 2.05) is 0 Å². The Labute approximate surface area is 179 Å². The number of nitro groups is 1. The first-order chi connectivity index (χ1) is 11.5. The third kappa shape index (κ3) is 2.37. The Morgan fingerprint density at radius 3 is 2.48 bits per heavy atom. The maximum absolute atomic E-state index is 13.2. The molecule has 0 spiro atoms. The summed E-state index contributed by atoms with van der Waals surface area (Å²) in [5.74, 6) is -0.102. The van der Waals surface area contributed by atoms with Crippen LogP contribution < -0.4 is 5.32 Å². The molecule has 1 aromatic rings. The number of amides is 1. The van der Waals surface area contributed by atoms with Crippen molar-refractivity contribution in [3.05, 3.63) is 32.8 Å². The van der Waals surface area contributed by atoms with E-state index in [-0.39, 0.29) is 31.0 Å². The van der Waals surface area contributed by atoms with E-state index in [1.165, 1.54) is 12.1 Å². The number of rotatable bonds is 4. The molecule has 0 aliphatic heterocycles. The van der Waals surface area contributed by atoms with Gasteiger partial charge < -0.3 is 5.32 Å². The average Bonchev–Trinajstić information content (AvgIpc) is 2.99. The van der Waals surface area contributed by atoms with Gasteiger partial charge in [-0.15, -0.1) is 0 Å². The number of nitrogens with zero attached hydrogens (tertiary/aromatic N) is 1. The Kier molecular flexibility index (Phi) is 4.96. The van der Waals surface area contributed by atoms with Crippen molar-refractivity contribution >= 4 is 81.0 Å². The van der Waals surface area contributed by atoms with Gasteiger partial charge in [0.25, 0.3) is 5.69 Å². The van der Waals surface area contributed by atoms with E-state index in [1.54, 1.807) is 6.07 Å². The number of alkyl halides is 3. The summed E-state index contributed by atoms with van der Waals surface area (Å²) in [6.45, 7) is 4.24. The van der Waals surface area contributed by atoms with E-state index in [2.05, 4.69) is 82.9 Å². The van der Waals surface area contributed by atoms with Gasteiger partial charge in [-0.05, 0) is 40.3 Å². The smallest absolute Gasteiger partial charge is 0.271 e. The number of benzene rings is 1. The number of non-ortho nitro benzene ring substituents is 1. The second kappa shape index (κ2) is 6.27. The lowest BCUT2D eigenvalue weighted by atomic mass is 9.43. The summed E-state index contributed by atoms with van der Waals surface area (Å²) in [6.07, 6.45) is 1.68. The van der Waals surface area contributed by atoms with E-state index in [0.29, 0.717) is 10.2 Å². The third-order valence-electron chi connectivity index (χ3n) is 6.30. The normalized spacial score (nSPS) is 32.4. The summed E-state index contributed by atoms with van der Waals surface area (Å²) in [4.78, 5) is 23.8. The molecule has 4 rings (SSSR count). The molecule has 136 valence electrons. The van der Waals surface area contributed by atoms with Crippen molar-refractivity contribution in [3.63, 3.8) is 0 Å². The Morgan fingerprint density at radius 1 is 1.36 bits per heavy atom. The van der Waals surface area contributed by atoms with Crippen molar-refractivity contribution in [3.8, 4) is 0 Å². The van der Waals surface area contributed by atoms with Gasteiger partial charge in [0.2, 0.25) is 5.91 Å². The topological polar surface area (TPSA) is 72.2 Å². The van der Waals surface area contributed by atoms with Crippen LogP contribution in [0.1, 0.15) is 26.7 Å². The number of hydrogen-bond donors (Lipinski definition) is 1. The zero-order valence-electron chi connectivity index (χ0n) is 13.5. The highest BCUT2D eigenvalue weighted by Crippen LogP contribution is 2.82. The molecule has 25 heavy (non-hydrogen) atoms. The van der Waals surface area contributed by atoms with Gasteiger partial charge in [0.15, 0.2) is 0 Å². The summed E-state index contributed by atoms with van der Waals surface area (Å²) >= 11 is 14.5. The van der Waals surface area contributed by atoms with Crippen LogP contribution in [0.4, 0.5) is 11.4 Å².